The minimum Gasteiger partial charge on any atom is -0.309 e. The Morgan fingerprint density at radius 1 is 1.11 bits per heavy atom. The van der Waals surface area contributed by atoms with Crippen molar-refractivity contribution >= 4 is 7.60 Å². The summed E-state index contributed by atoms with van der Waals surface area (Å²) in [5.74, 6) is 6.01. The highest BCUT2D eigenvalue weighted by Crippen LogP contribution is 2.48. The Kier molecular flexibility index (Phi) is 6.75. The zero-order valence-corrected chi connectivity index (χ0v) is 11.8. The van der Waals surface area contributed by atoms with Gasteiger partial charge < -0.3 is 9.05 Å². The minimum absolute atomic E-state index is 0.342. The molecular formula is C14H19O3P. The van der Waals surface area contributed by atoms with E-state index in [0.717, 1.165) is 5.56 Å². The van der Waals surface area contributed by atoms with Crippen molar-refractivity contribution in [3.8, 4) is 11.8 Å². The normalized spacial score (nSPS) is 10.8. The van der Waals surface area contributed by atoms with E-state index in [9.17, 15) is 4.57 Å². The van der Waals surface area contributed by atoms with Crippen molar-refractivity contribution in [3.63, 3.8) is 0 Å². The molecule has 0 fully saturated rings. The average Bonchev–Trinajstić information content (AvgIpc) is 2.37. The highest BCUT2D eigenvalue weighted by atomic mass is 31.2. The minimum atomic E-state index is -2.94. The molecule has 1 aromatic rings. The van der Waals surface area contributed by atoms with Gasteiger partial charge in [0.1, 0.15) is 0 Å². The van der Waals surface area contributed by atoms with Crippen LogP contribution >= 0.6 is 7.60 Å². The van der Waals surface area contributed by atoms with Crippen molar-refractivity contribution in [2.24, 2.45) is 0 Å². The Morgan fingerprint density at radius 3 is 2.28 bits per heavy atom. The summed E-state index contributed by atoms with van der Waals surface area (Å²) in [7, 11) is -2.94. The van der Waals surface area contributed by atoms with Crippen LogP contribution in [0.5, 0.6) is 0 Å². The monoisotopic (exact) mass is 266 g/mol. The molecule has 0 aliphatic rings. The molecular weight excluding hydrogens is 247 g/mol. The van der Waals surface area contributed by atoms with Crippen molar-refractivity contribution in [3.05, 3.63) is 35.9 Å². The van der Waals surface area contributed by atoms with Crippen LogP contribution in [-0.4, -0.2) is 19.4 Å². The Morgan fingerprint density at radius 2 is 1.72 bits per heavy atom. The first-order valence-electron chi connectivity index (χ1n) is 6.12. The van der Waals surface area contributed by atoms with E-state index >= 15 is 0 Å². The van der Waals surface area contributed by atoms with E-state index in [0.29, 0.717) is 25.8 Å². The zero-order chi connectivity index (χ0) is 13.3. The van der Waals surface area contributed by atoms with Gasteiger partial charge in [0.2, 0.25) is 0 Å². The molecule has 1 aromatic carbocycles. The molecule has 0 saturated heterocycles. The van der Waals surface area contributed by atoms with Gasteiger partial charge in [-0.1, -0.05) is 30.0 Å². The van der Waals surface area contributed by atoms with Gasteiger partial charge in [0.15, 0.2) is 0 Å². The number of rotatable bonds is 6. The van der Waals surface area contributed by atoms with Crippen molar-refractivity contribution in [1.29, 1.82) is 0 Å². The lowest BCUT2D eigenvalue weighted by molar-refractivity contribution is 0.220. The SMILES string of the molecule is CCOP(=O)(CCC#Cc1ccccc1)OCC. The molecule has 3 nitrogen and oxygen atoms in total. The lowest BCUT2D eigenvalue weighted by atomic mass is 10.2. The van der Waals surface area contributed by atoms with Crippen LogP contribution in [-0.2, 0) is 13.6 Å². The molecule has 18 heavy (non-hydrogen) atoms. The summed E-state index contributed by atoms with van der Waals surface area (Å²) in [6, 6.07) is 9.71. The van der Waals surface area contributed by atoms with Crippen molar-refractivity contribution in [1.82, 2.24) is 0 Å². The largest absolute Gasteiger partial charge is 0.331 e. The summed E-state index contributed by atoms with van der Waals surface area (Å²) in [5.41, 5.74) is 0.958. The van der Waals surface area contributed by atoms with Gasteiger partial charge in [0.05, 0.1) is 19.4 Å². The highest BCUT2D eigenvalue weighted by molar-refractivity contribution is 7.53. The van der Waals surface area contributed by atoms with Crippen LogP contribution in [0.3, 0.4) is 0 Å². The van der Waals surface area contributed by atoms with Crippen LogP contribution in [0.25, 0.3) is 0 Å². The molecule has 98 valence electrons. The molecule has 0 saturated carbocycles. The van der Waals surface area contributed by atoms with Gasteiger partial charge >= 0.3 is 7.60 Å². The van der Waals surface area contributed by atoms with E-state index in [1.165, 1.54) is 0 Å². The number of hydrogen-bond acceptors (Lipinski definition) is 3. The van der Waals surface area contributed by atoms with Crippen molar-refractivity contribution < 1.29 is 13.6 Å². The van der Waals surface area contributed by atoms with Gasteiger partial charge in [-0.15, -0.1) is 0 Å². The zero-order valence-electron chi connectivity index (χ0n) is 10.9. The average molecular weight is 266 g/mol. The second-order valence-electron chi connectivity index (χ2n) is 3.59. The fourth-order valence-corrected chi connectivity index (χ4v) is 2.94. The molecule has 0 bridgehead atoms. The predicted molar refractivity (Wildman–Crippen MR) is 73.7 cm³/mol. The summed E-state index contributed by atoms with van der Waals surface area (Å²) in [6.07, 6.45) is 0.848. The van der Waals surface area contributed by atoms with Crippen LogP contribution < -0.4 is 0 Å². The molecule has 0 aliphatic heterocycles. The van der Waals surface area contributed by atoms with Crippen LogP contribution in [0, 0.1) is 11.8 Å². The van der Waals surface area contributed by atoms with Gasteiger partial charge in [-0.25, -0.2) is 0 Å². The van der Waals surface area contributed by atoms with Gasteiger partial charge in [-0.2, -0.15) is 0 Å². The molecule has 0 aliphatic carbocycles. The second kappa shape index (κ2) is 8.11. The van der Waals surface area contributed by atoms with E-state index in [1.54, 1.807) is 13.8 Å². The highest BCUT2D eigenvalue weighted by Gasteiger charge is 2.21. The van der Waals surface area contributed by atoms with E-state index < -0.39 is 7.60 Å². The third kappa shape index (κ3) is 5.51. The van der Waals surface area contributed by atoms with E-state index in [2.05, 4.69) is 11.8 Å². The molecule has 0 aromatic heterocycles. The summed E-state index contributed by atoms with van der Waals surface area (Å²) in [6.45, 7) is 4.40. The molecule has 0 atom stereocenters. The first-order valence-corrected chi connectivity index (χ1v) is 7.85. The van der Waals surface area contributed by atoms with Gasteiger partial charge in [-0.05, 0) is 26.0 Å². The van der Waals surface area contributed by atoms with Gasteiger partial charge in [0.25, 0.3) is 0 Å². The van der Waals surface area contributed by atoms with Crippen LogP contribution in [0.15, 0.2) is 30.3 Å². The molecule has 1 rings (SSSR count). The van der Waals surface area contributed by atoms with E-state index in [-0.39, 0.29) is 0 Å². The fourth-order valence-electron chi connectivity index (χ4n) is 1.44. The first kappa shape index (κ1) is 15.0. The molecule has 0 spiro atoms. The molecule has 0 N–H and O–H groups in total. The fraction of sp³-hybridized carbons (Fsp3) is 0.429. The summed E-state index contributed by atoms with van der Waals surface area (Å²) in [5, 5.41) is 0. The lowest BCUT2D eigenvalue weighted by Gasteiger charge is -2.15. The standard InChI is InChI=1S/C14H19O3P/c1-3-16-18(15,17-4-2)13-9-8-12-14-10-6-5-7-11-14/h5-7,10-11H,3-4,9,13H2,1-2H3. The summed E-state index contributed by atoms with van der Waals surface area (Å²) < 4.78 is 22.5. The van der Waals surface area contributed by atoms with E-state index in [1.807, 2.05) is 30.3 Å². The summed E-state index contributed by atoms with van der Waals surface area (Å²) in [4.78, 5) is 0. The second-order valence-corrected chi connectivity index (χ2v) is 5.77. The Bertz CT molecular complexity index is 435. The predicted octanol–water partition coefficient (Wildman–Crippen LogP) is 3.69. The Balaban J connectivity index is 2.49. The van der Waals surface area contributed by atoms with Gasteiger partial charge in [0, 0.05) is 12.0 Å². The third-order valence-corrected chi connectivity index (χ3v) is 4.24. The Labute approximate surface area is 109 Å². The molecule has 0 amide bonds. The van der Waals surface area contributed by atoms with Crippen LogP contribution in [0.1, 0.15) is 25.8 Å². The van der Waals surface area contributed by atoms with Crippen LogP contribution in [0.2, 0.25) is 0 Å². The smallest absolute Gasteiger partial charge is 0.309 e. The maximum Gasteiger partial charge on any atom is 0.331 e. The molecule has 0 unspecified atom stereocenters. The van der Waals surface area contributed by atoms with Crippen molar-refractivity contribution in [2.75, 3.05) is 19.4 Å². The molecule has 0 radical (unpaired) electrons. The third-order valence-electron chi connectivity index (χ3n) is 2.17. The first-order chi connectivity index (χ1) is 8.70. The maximum atomic E-state index is 12.1. The van der Waals surface area contributed by atoms with Gasteiger partial charge in [-0.3, -0.25) is 4.57 Å². The van der Waals surface area contributed by atoms with Crippen molar-refractivity contribution in [2.45, 2.75) is 20.3 Å². The quantitative estimate of drug-likeness (QED) is 0.582. The number of hydrogen-bond donors (Lipinski definition) is 0. The lowest BCUT2D eigenvalue weighted by Crippen LogP contribution is -1.99. The topological polar surface area (TPSA) is 35.5 Å². The summed E-state index contributed by atoms with van der Waals surface area (Å²) >= 11 is 0. The van der Waals surface area contributed by atoms with Crippen LogP contribution in [0.4, 0.5) is 0 Å². The van der Waals surface area contributed by atoms with E-state index in [4.69, 9.17) is 9.05 Å². The molecule has 4 heteroatoms. The number of benzene rings is 1. The molecule has 0 heterocycles. The maximum absolute atomic E-state index is 12.1. The Hall–Kier alpha value is -1.07.